The summed E-state index contributed by atoms with van der Waals surface area (Å²) in [5.41, 5.74) is 1.66. The lowest BCUT2D eigenvalue weighted by Gasteiger charge is -2.31. The third kappa shape index (κ3) is 5.04. The highest BCUT2D eigenvalue weighted by Gasteiger charge is 2.28. The van der Waals surface area contributed by atoms with Crippen molar-refractivity contribution in [1.29, 1.82) is 0 Å². The largest absolute Gasteiger partial charge is 0.342 e. The Morgan fingerprint density at radius 3 is 2.63 bits per heavy atom. The Hall–Kier alpha value is -2.77. The molecule has 1 N–H and O–H groups in total. The molecule has 3 aromatic rings. The normalized spacial score (nSPS) is 16.3. The minimum absolute atomic E-state index is 0.105. The molecular weight excluding hydrogens is 420 g/mol. The van der Waals surface area contributed by atoms with Gasteiger partial charge in [0.2, 0.25) is 10.9 Å². The van der Waals surface area contributed by atoms with Crippen LogP contribution >= 0.6 is 22.9 Å². The van der Waals surface area contributed by atoms with E-state index in [0.29, 0.717) is 28.7 Å². The zero-order valence-electron chi connectivity index (χ0n) is 16.3. The van der Waals surface area contributed by atoms with Crippen LogP contribution in [0.3, 0.4) is 0 Å². The van der Waals surface area contributed by atoms with Crippen LogP contribution in [0.15, 0.2) is 54.6 Å². The molecule has 30 heavy (non-hydrogen) atoms. The molecule has 8 heteroatoms. The number of rotatable bonds is 5. The van der Waals surface area contributed by atoms with Crippen molar-refractivity contribution in [1.82, 2.24) is 15.1 Å². The van der Waals surface area contributed by atoms with Crippen molar-refractivity contribution in [3.63, 3.8) is 0 Å². The first-order valence-electron chi connectivity index (χ1n) is 9.80. The lowest BCUT2D eigenvalue weighted by molar-refractivity contribution is -0.131. The van der Waals surface area contributed by atoms with Crippen molar-refractivity contribution in [2.24, 2.45) is 0 Å². The predicted octanol–water partition coefficient (Wildman–Crippen LogP) is 4.39. The van der Waals surface area contributed by atoms with Crippen LogP contribution in [0.25, 0.3) is 0 Å². The van der Waals surface area contributed by atoms with Gasteiger partial charge in [-0.3, -0.25) is 9.59 Å². The minimum Gasteiger partial charge on any atom is -0.342 e. The van der Waals surface area contributed by atoms with Crippen LogP contribution in [0.4, 0.5) is 5.69 Å². The minimum atomic E-state index is -0.297. The van der Waals surface area contributed by atoms with Crippen LogP contribution in [0.5, 0.6) is 0 Å². The molecule has 2 aromatic carbocycles. The highest BCUT2D eigenvalue weighted by Crippen LogP contribution is 2.29. The van der Waals surface area contributed by atoms with Crippen LogP contribution in [-0.2, 0) is 11.2 Å². The van der Waals surface area contributed by atoms with Crippen molar-refractivity contribution in [2.75, 3.05) is 18.4 Å². The summed E-state index contributed by atoms with van der Waals surface area (Å²) < 4.78 is 0. The van der Waals surface area contributed by atoms with Gasteiger partial charge in [0.1, 0.15) is 5.01 Å². The lowest BCUT2D eigenvalue weighted by atomic mass is 9.98. The van der Waals surface area contributed by atoms with Crippen LogP contribution in [0.2, 0.25) is 5.02 Å². The molecule has 1 saturated heterocycles. The number of aromatic nitrogens is 2. The van der Waals surface area contributed by atoms with Gasteiger partial charge in [0.25, 0.3) is 5.91 Å². The van der Waals surface area contributed by atoms with Gasteiger partial charge >= 0.3 is 0 Å². The summed E-state index contributed by atoms with van der Waals surface area (Å²) in [4.78, 5) is 27.1. The Morgan fingerprint density at radius 2 is 1.87 bits per heavy atom. The van der Waals surface area contributed by atoms with Gasteiger partial charge in [-0.2, -0.15) is 0 Å². The fourth-order valence-electron chi connectivity index (χ4n) is 3.50. The van der Waals surface area contributed by atoms with Crippen LogP contribution in [0, 0.1) is 0 Å². The molecule has 0 unspecified atom stereocenters. The molecule has 0 saturated carbocycles. The number of nitrogens with one attached hydrogen (secondary N) is 1. The van der Waals surface area contributed by atoms with Gasteiger partial charge < -0.3 is 10.2 Å². The van der Waals surface area contributed by atoms with Gasteiger partial charge in [-0.1, -0.05) is 53.3 Å². The molecule has 1 fully saturated rings. The van der Waals surface area contributed by atoms with Crippen LogP contribution in [0.1, 0.15) is 39.1 Å². The first-order chi connectivity index (χ1) is 14.6. The number of anilines is 1. The fourth-order valence-corrected chi connectivity index (χ4v) is 4.49. The van der Waals surface area contributed by atoms with Crippen LogP contribution in [-0.4, -0.2) is 40.0 Å². The van der Waals surface area contributed by atoms with E-state index in [4.69, 9.17) is 11.6 Å². The standard InChI is InChI=1S/C22H21ClN4O2S/c23-17-8-10-18(11-9-17)24-20(29)22-26-25-21(30-22)16-7-4-12-27(14-16)19(28)13-15-5-2-1-3-6-15/h1-3,5-6,8-11,16H,4,7,12-14H2,(H,24,29)/t16-/m0/s1. The quantitative estimate of drug-likeness (QED) is 0.638. The summed E-state index contributed by atoms with van der Waals surface area (Å²) in [7, 11) is 0. The monoisotopic (exact) mass is 440 g/mol. The lowest BCUT2D eigenvalue weighted by Crippen LogP contribution is -2.39. The van der Waals surface area contributed by atoms with E-state index in [1.54, 1.807) is 24.3 Å². The van der Waals surface area contributed by atoms with E-state index >= 15 is 0 Å². The Morgan fingerprint density at radius 1 is 1.10 bits per heavy atom. The second-order valence-electron chi connectivity index (χ2n) is 7.25. The van der Waals surface area contributed by atoms with Gasteiger partial charge in [-0.15, -0.1) is 10.2 Å². The number of carbonyl (C=O) groups excluding carboxylic acids is 2. The first-order valence-corrected chi connectivity index (χ1v) is 11.0. The van der Waals surface area contributed by atoms with E-state index in [1.807, 2.05) is 35.2 Å². The molecule has 154 valence electrons. The van der Waals surface area contributed by atoms with Gasteiger partial charge in [0.15, 0.2) is 0 Å². The maximum absolute atomic E-state index is 12.7. The molecule has 1 aromatic heterocycles. The van der Waals surface area contributed by atoms with E-state index in [0.717, 1.165) is 30.0 Å². The number of hydrogen-bond donors (Lipinski definition) is 1. The highest BCUT2D eigenvalue weighted by atomic mass is 35.5. The van der Waals surface area contributed by atoms with Crippen molar-refractivity contribution in [3.8, 4) is 0 Å². The number of nitrogens with zero attached hydrogens (tertiary/aromatic N) is 3. The van der Waals surface area contributed by atoms with Gasteiger partial charge in [0, 0.05) is 29.7 Å². The maximum Gasteiger partial charge on any atom is 0.286 e. The Kier molecular flexibility index (Phi) is 6.40. The predicted molar refractivity (Wildman–Crippen MR) is 118 cm³/mol. The van der Waals surface area contributed by atoms with Gasteiger partial charge in [-0.05, 0) is 42.7 Å². The van der Waals surface area contributed by atoms with Crippen molar-refractivity contribution >= 4 is 40.4 Å². The fraction of sp³-hybridized carbons (Fsp3) is 0.273. The third-order valence-corrected chi connectivity index (χ3v) is 6.39. The Bertz CT molecular complexity index is 1020. The zero-order chi connectivity index (χ0) is 20.9. The maximum atomic E-state index is 12.7. The molecule has 6 nitrogen and oxygen atoms in total. The number of amides is 2. The number of halogens is 1. The SMILES string of the molecule is O=C(Nc1ccc(Cl)cc1)c1nnc([C@H]2CCCN(C(=O)Cc3ccccc3)C2)s1. The number of likely N-dealkylation sites (tertiary alicyclic amines) is 1. The van der Waals surface area contributed by atoms with E-state index < -0.39 is 0 Å². The van der Waals surface area contributed by atoms with Gasteiger partial charge in [-0.25, -0.2) is 0 Å². The van der Waals surface area contributed by atoms with E-state index in [2.05, 4.69) is 15.5 Å². The number of carbonyl (C=O) groups is 2. The summed E-state index contributed by atoms with van der Waals surface area (Å²) in [6.45, 7) is 1.37. The molecule has 4 rings (SSSR count). The van der Waals surface area contributed by atoms with E-state index in [-0.39, 0.29) is 17.7 Å². The van der Waals surface area contributed by atoms with Crippen molar-refractivity contribution in [2.45, 2.75) is 25.2 Å². The average molecular weight is 441 g/mol. The smallest absolute Gasteiger partial charge is 0.286 e. The first kappa shape index (κ1) is 20.5. The van der Waals surface area contributed by atoms with Crippen molar-refractivity contribution < 1.29 is 9.59 Å². The molecule has 1 atom stereocenters. The van der Waals surface area contributed by atoms with E-state index in [9.17, 15) is 9.59 Å². The average Bonchev–Trinajstić information content (AvgIpc) is 3.27. The Balaban J connectivity index is 1.38. The number of hydrogen-bond acceptors (Lipinski definition) is 5. The number of benzene rings is 2. The molecule has 0 bridgehead atoms. The molecule has 0 radical (unpaired) electrons. The Labute approximate surface area is 183 Å². The third-order valence-electron chi connectivity index (χ3n) is 5.06. The highest BCUT2D eigenvalue weighted by molar-refractivity contribution is 7.13. The van der Waals surface area contributed by atoms with E-state index in [1.165, 1.54) is 11.3 Å². The summed E-state index contributed by atoms with van der Waals surface area (Å²) in [5, 5.41) is 12.8. The molecule has 2 amide bonds. The second-order valence-corrected chi connectivity index (χ2v) is 8.69. The summed E-state index contributed by atoms with van der Waals surface area (Å²) in [6.07, 6.45) is 2.25. The molecule has 1 aliphatic heterocycles. The molecule has 0 aliphatic carbocycles. The topological polar surface area (TPSA) is 75.2 Å². The molecule has 1 aliphatic rings. The van der Waals surface area contributed by atoms with Crippen LogP contribution < -0.4 is 5.32 Å². The zero-order valence-corrected chi connectivity index (χ0v) is 17.8. The summed E-state index contributed by atoms with van der Waals surface area (Å²) >= 11 is 7.16. The summed E-state index contributed by atoms with van der Waals surface area (Å²) in [6, 6.07) is 16.7. The molecule has 0 spiro atoms. The second kappa shape index (κ2) is 9.36. The summed E-state index contributed by atoms with van der Waals surface area (Å²) in [5.74, 6) is -0.0712. The molecular formula is C22H21ClN4O2S. The molecule has 2 heterocycles. The van der Waals surface area contributed by atoms with Crippen molar-refractivity contribution in [3.05, 3.63) is 75.2 Å². The number of piperidine rings is 1. The van der Waals surface area contributed by atoms with Gasteiger partial charge in [0.05, 0.1) is 6.42 Å².